The molecule has 1 amide bonds. The fourth-order valence-electron chi connectivity index (χ4n) is 5.66. The van der Waals surface area contributed by atoms with Crippen molar-refractivity contribution in [3.8, 4) is 10.4 Å². The quantitative estimate of drug-likeness (QED) is 0.789. The molecule has 1 aliphatic carbocycles. The van der Waals surface area contributed by atoms with Crippen LogP contribution in [0.15, 0.2) is 36.4 Å². The van der Waals surface area contributed by atoms with Crippen molar-refractivity contribution in [1.82, 2.24) is 10.2 Å². The summed E-state index contributed by atoms with van der Waals surface area (Å²) in [5.74, 6) is 1.90. The Morgan fingerprint density at radius 1 is 1.14 bits per heavy atom. The fourth-order valence-corrected chi connectivity index (χ4v) is 6.90. The molecule has 6 heteroatoms. The van der Waals surface area contributed by atoms with Crippen LogP contribution in [0.5, 0.6) is 0 Å². The van der Waals surface area contributed by atoms with Gasteiger partial charge in [0.1, 0.15) is 0 Å². The second-order valence-electron chi connectivity index (χ2n) is 8.74. The molecule has 2 aromatic rings. The van der Waals surface area contributed by atoms with Gasteiger partial charge in [0.2, 0.25) is 5.91 Å². The van der Waals surface area contributed by atoms with E-state index in [1.165, 1.54) is 20.9 Å². The first-order valence-electron chi connectivity index (χ1n) is 10.6. The summed E-state index contributed by atoms with van der Waals surface area (Å²) in [7, 11) is 0. The summed E-state index contributed by atoms with van der Waals surface area (Å²) in [5, 5.41) is 3.39. The molecule has 2 saturated heterocycles. The maximum absolute atomic E-state index is 12.9. The topological polar surface area (TPSA) is 41.6 Å². The number of nitrogens with zero attached hydrogens (tertiary/aromatic N) is 1. The van der Waals surface area contributed by atoms with Gasteiger partial charge in [0.15, 0.2) is 0 Å². The highest BCUT2D eigenvalue weighted by molar-refractivity contribution is 7.15. The van der Waals surface area contributed by atoms with Crippen LogP contribution in [-0.4, -0.2) is 43.6 Å². The van der Waals surface area contributed by atoms with Gasteiger partial charge in [0.25, 0.3) is 0 Å². The number of thiophene rings is 1. The second kappa shape index (κ2) is 7.38. The van der Waals surface area contributed by atoms with Gasteiger partial charge < -0.3 is 15.0 Å². The first kappa shape index (κ1) is 19.6. The van der Waals surface area contributed by atoms with Gasteiger partial charge in [-0.1, -0.05) is 30.3 Å². The molecule has 1 N–H and O–H groups in total. The monoisotopic (exact) mass is 430 g/mol. The molecule has 3 aliphatic heterocycles. The number of hydrogen-bond acceptors (Lipinski definition) is 4. The molecule has 1 spiro atoms. The van der Waals surface area contributed by atoms with Crippen LogP contribution in [0.1, 0.15) is 23.3 Å². The minimum absolute atomic E-state index is 0. The van der Waals surface area contributed by atoms with E-state index in [9.17, 15) is 4.79 Å². The van der Waals surface area contributed by atoms with Crippen molar-refractivity contribution in [3.05, 3.63) is 46.8 Å². The van der Waals surface area contributed by atoms with E-state index in [1.54, 1.807) is 0 Å². The Bertz CT molecular complexity index is 897. The molecular formula is C23H27ClN2O2S. The molecule has 0 bridgehead atoms. The Morgan fingerprint density at radius 3 is 2.59 bits per heavy atom. The molecule has 6 rings (SSSR count). The molecule has 0 radical (unpaired) electrons. The van der Waals surface area contributed by atoms with Crippen molar-refractivity contribution in [2.45, 2.75) is 24.9 Å². The number of halogens is 1. The summed E-state index contributed by atoms with van der Waals surface area (Å²) in [6.07, 6.45) is 2.86. The van der Waals surface area contributed by atoms with Gasteiger partial charge in [0, 0.05) is 35.2 Å². The van der Waals surface area contributed by atoms with Crippen LogP contribution in [0.2, 0.25) is 0 Å². The number of hydrogen-bond donors (Lipinski definition) is 1. The number of amides is 1. The van der Waals surface area contributed by atoms with E-state index in [1.807, 2.05) is 11.3 Å². The summed E-state index contributed by atoms with van der Waals surface area (Å²) >= 11 is 1.92. The number of rotatable bonds is 2. The standard InChI is InChI=1S/C23H26N2O2S.ClH/c26-22(21-16-13-24-14-17(16)21)25-9-7-23(8-10-25)18-12-20(15-4-2-1-3-5-15)28-19(18)6-11-27-23;/h1-5,12,16-17,21,24H,6-11,13-14H2;1H/t16-,17+,21?;. The normalized spacial score (nSPS) is 29.1. The highest BCUT2D eigenvalue weighted by Gasteiger charge is 2.58. The third-order valence-electron chi connectivity index (χ3n) is 7.33. The summed E-state index contributed by atoms with van der Waals surface area (Å²) in [6, 6.07) is 13.0. The van der Waals surface area contributed by atoms with E-state index >= 15 is 0 Å². The van der Waals surface area contributed by atoms with E-state index < -0.39 is 0 Å². The predicted molar refractivity (Wildman–Crippen MR) is 117 cm³/mol. The Morgan fingerprint density at radius 2 is 1.86 bits per heavy atom. The molecule has 3 fully saturated rings. The van der Waals surface area contributed by atoms with Crippen molar-refractivity contribution in [2.75, 3.05) is 32.8 Å². The molecule has 3 atom stereocenters. The summed E-state index contributed by atoms with van der Waals surface area (Å²) < 4.78 is 6.42. The highest BCUT2D eigenvalue weighted by atomic mass is 35.5. The van der Waals surface area contributed by atoms with Crippen LogP contribution >= 0.6 is 23.7 Å². The van der Waals surface area contributed by atoms with Gasteiger partial charge in [-0.25, -0.2) is 0 Å². The van der Waals surface area contributed by atoms with Crippen molar-refractivity contribution in [2.24, 2.45) is 17.8 Å². The lowest BCUT2D eigenvalue weighted by Gasteiger charge is -2.44. The number of piperidine rings is 2. The zero-order valence-corrected chi connectivity index (χ0v) is 18.1. The molecule has 1 saturated carbocycles. The average Bonchev–Trinajstić information content (AvgIpc) is 3.09. The maximum Gasteiger partial charge on any atom is 0.226 e. The molecule has 29 heavy (non-hydrogen) atoms. The van der Waals surface area contributed by atoms with Gasteiger partial charge in [-0.2, -0.15) is 0 Å². The fraction of sp³-hybridized carbons (Fsp3) is 0.522. The molecule has 1 aromatic heterocycles. The summed E-state index contributed by atoms with van der Waals surface area (Å²) in [6.45, 7) is 4.52. The number of benzene rings is 1. The van der Waals surface area contributed by atoms with E-state index in [-0.39, 0.29) is 18.0 Å². The Hall–Kier alpha value is -1.40. The van der Waals surface area contributed by atoms with Crippen LogP contribution in [0, 0.1) is 17.8 Å². The third kappa shape index (κ3) is 3.14. The first-order valence-corrected chi connectivity index (χ1v) is 11.4. The van der Waals surface area contributed by atoms with Crippen molar-refractivity contribution >= 4 is 29.7 Å². The second-order valence-corrected chi connectivity index (χ2v) is 9.88. The molecule has 1 unspecified atom stereocenters. The molecule has 4 aliphatic rings. The largest absolute Gasteiger partial charge is 0.370 e. The lowest BCUT2D eigenvalue weighted by Crippen LogP contribution is -2.49. The highest BCUT2D eigenvalue weighted by Crippen LogP contribution is 2.51. The number of likely N-dealkylation sites (tertiary alicyclic amines) is 1. The zero-order valence-electron chi connectivity index (χ0n) is 16.4. The predicted octanol–water partition coefficient (Wildman–Crippen LogP) is 3.69. The maximum atomic E-state index is 12.9. The van der Waals surface area contributed by atoms with Gasteiger partial charge in [-0.15, -0.1) is 23.7 Å². The summed E-state index contributed by atoms with van der Waals surface area (Å²) in [4.78, 5) is 17.9. The van der Waals surface area contributed by atoms with Crippen LogP contribution < -0.4 is 5.32 Å². The van der Waals surface area contributed by atoms with E-state index in [4.69, 9.17) is 4.74 Å². The van der Waals surface area contributed by atoms with Crippen LogP contribution in [0.3, 0.4) is 0 Å². The zero-order chi connectivity index (χ0) is 18.7. The van der Waals surface area contributed by atoms with Crippen molar-refractivity contribution in [3.63, 3.8) is 0 Å². The average molecular weight is 431 g/mol. The number of nitrogens with one attached hydrogen (secondary N) is 1. The Labute approximate surface area is 182 Å². The smallest absolute Gasteiger partial charge is 0.226 e. The van der Waals surface area contributed by atoms with Crippen LogP contribution in [0.4, 0.5) is 0 Å². The number of carbonyl (C=O) groups excluding carboxylic acids is 1. The van der Waals surface area contributed by atoms with E-state index in [0.29, 0.717) is 23.7 Å². The molecule has 154 valence electrons. The number of ether oxygens (including phenoxy) is 1. The van der Waals surface area contributed by atoms with E-state index in [2.05, 4.69) is 46.6 Å². The molecular weight excluding hydrogens is 404 g/mol. The van der Waals surface area contributed by atoms with Gasteiger partial charge in [0.05, 0.1) is 12.2 Å². The van der Waals surface area contributed by atoms with Crippen molar-refractivity contribution < 1.29 is 9.53 Å². The molecule has 1 aromatic carbocycles. The number of fused-ring (bicyclic) bond motifs is 3. The summed E-state index contributed by atoms with van der Waals surface area (Å²) in [5.41, 5.74) is 2.50. The Kier molecular flexibility index (Phi) is 4.98. The number of carbonyl (C=O) groups is 1. The molecule has 4 heterocycles. The van der Waals surface area contributed by atoms with E-state index in [0.717, 1.165) is 52.0 Å². The van der Waals surface area contributed by atoms with Crippen LogP contribution in [0.25, 0.3) is 10.4 Å². The first-order chi connectivity index (χ1) is 13.8. The lowest BCUT2D eigenvalue weighted by molar-refractivity contribution is -0.142. The van der Waals surface area contributed by atoms with Gasteiger partial charge in [-0.05, 0) is 55.0 Å². The van der Waals surface area contributed by atoms with Gasteiger partial charge >= 0.3 is 0 Å². The Balaban J connectivity index is 0.00000181. The lowest BCUT2D eigenvalue weighted by atomic mass is 9.82. The minimum atomic E-state index is -0.186. The SMILES string of the molecule is Cl.O=C(C1[C@H]2CNC[C@@H]12)N1CCC2(CC1)OCCc1sc(-c3ccccc3)cc12. The van der Waals surface area contributed by atoms with Crippen molar-refractivity contribution in [1.29, 1.82) is 0 Å². The van der Waals surface area contributed by atoms with Crippen LogP contribution in [-0.2, 0) is 21.6 Å². The van der Waals surface area contributed by atoms with Gasteiger partial charge in [-0.3, -0.25) is 4.79 Å². The molecule has 4 nitrogen and oxygen atoms in total. The third-order valence-corrected chi connectivity index (χ3v) is 8.57. The minimum Gasteiger partial charge on any atom is -0.370 e.